The first-order valence-electron chi connectivity index (χ1n) is 5.40. The Morgan fingerprint density at radius 2 is 2.38 bits per heavy atom. The molecule has 1 fully saturated rings. The molecule has 1 aliphatic carbocycles. The maximum absolute atomic E-state index is 12.1. The molecule has 3 N–H and O–H groups in total. The minimum absolute atomic E-state index is 0.0124. The maximum atomic E-state index is 12.1. The van der Waals surface area contributed by atoms with E-state index in [-0.39, 0.29) is 5.91 Å². The van der Waals surface area contributed by atoms with E-state index < -0.39 is 0 Å². The summed E-state index contributed by atoms with van der Waals surface area (Å²) in [7, 11) is 1.83. The highest BCUT2D eigenvalue weighted by molar-refractivity contribution is 7.18. The number of nitrogen functional groups attached to an aromatic ring is 1. The van der Waals surface area contributed by atoms with Crippen LogP contribution >= 0.6 is 11.3 Å². The van der Waals surface area contributed by atoms with Gasteiger partial charge in [-0.2, -0.15) is 0 Å². The molecule has 1 amide bonds. The smallest absolute Gasteiger partial charge is 0.267 e. The molecule has 0 spiro atoms. The van der Waals surface area contributed by atoms with Crippen LogP contribution in [0.2, 0.25) is 0 Å². The molecule has 0 aliphatic heterocycles. The van der Waals surface area contributed by atoms with Gasteiger partial charge in [-0.25, -0.2) is 4.98 Å². The summed E-state index contributed by atoms with van der Waals surface area (Å²) in [6.07, 6.45) is 2.20. The molecule has 5 nitrogen and oxygen atoms in total. The van der Waals surface area contributed by atoms with E-state index in [1.54, 1.807) is 4.90 Å². The zero-order valence-electron chi connectivity index (χ0n) is 9.49. The third-order valence-corrected chi connectivity index (χ3v) is 3.61. The number of nitrogens with zero attached hydrogens (tertiary/aromatic N) is 2. The second-order valence-electron chi connectivity index (χ2n) is 3.91. The quantitative estimate of drug-likeness (QED) is 0.834. The van der Waals surface area contributed by atoms with Crippen molar-refractivity contribution in [3.8, 4) is 0 Å². The van der Waals surface area contributed by atoms with Crippen molar-refractivity contribution in [1.82, 2.24) is 9.88 Å². The van der Waals surface area contributed by atoms with E-state index in [0.717, 1.165) is 19.4 Å². The topological polar surface area (TPSA) is 71.2 Å². The van der Waals surface area contributed by atoms with Gasteiger partial charge in [0.25, 0.3) is 5.91 Å². The largest absolute Gasteiger partial charge is 0.382 e. The van der Waals surface area contributed by atoms with E-state index in [9.17, 15) is 4.79 Å². The molecule has 2 rings (SSSR count). The summed E-state index contributed by atoms with van der Waals surface area (Å²) in [4.78, 5) is 18.5. The average molecular weight is 240 g/mol. The van der Waals surface area contributed by atoms with Crippen molar-refractivity contribution in [3.63, 3.8) is 0 Å². The van der Waals surface area contributed by atoms with E-state index in [1.807, 2.05) is 14.0 Å². The van der Waals surface area contributed by atoms with Crippen LogP contribution in [0, 0.1) is 0 Å². The molecule has 0 saturated heterocycles. The second kappa shape index (κ2) is 4.29. The third kappa shape index (κ3) is 2.11. The van der Waals surface area contributed by atoms with Crippen LogP contribution in [0.15, 0.2) is 0 Å². The van der Waals surface area contributed by atoms with Gasteiger partial charge in [0.15, 0.2) is 5.13 Å². The van der Waals surface area contributed by atoms with Crippen LogP contribution in [0.1, 0.15) is 29.4 Å². The first-order valence-corrected chi connectivity index (χ1v) is 6.22. The number of aromatic nitrogens is 1. The summed E-state index contributed by atoms with van der Waals surface area (Å²) >= 11 is 1.33. The fourth-order valence-electron chi connectivity index (χ4n) is 1.50. The van der Waals surface area contributed by atoms with Crippen LogP contribution in [0.25, 0.3) is 0 Å². The molecule has 0 unspecified atom stereocenters. The molecule has 1 aromatic heterocycles. The highest BCUT2D eigenvalue weighted by Crippen LogP contribution is 2.31. The van der Waals surface area contributed by atoms with Gasteiger partial charge in [-0.3, -0.25) is 4.79 Å². The molecule has 0 atom stereocenters. The lowest BCUT2D eigenvalue weighted by Gasteiger charge is -2.14. The number of anilines is 2. The van der Waals surface area contributed by atoms with Crippen LogP contribution < -0.4 is 11.1 Å². The molecule has 1 aliphatic rings. The van der Waals surface area contributed by atoms with Gasteiger partial charge in [0.05, 0.1) is 0 Å². The van der Waals surface area contributed by atoms with Crippen molar-refractivity contribution >= 4 is 28.2 Å². The van der Waals surface area contributed by atoms with Gasteiger partial charge >= 0.3 is 0 Å². The summed E-state index contributed by atoms with van der Waals surface area (Å²) in [5.74, 6) is 0.320. The first-order chi connectivity index (χ1) is 7.63. The predicted molar refractivity (Wildman–Crippen MR) is 65.8 cm³/mol. The monoisotopic (exact) mass is 240 g/mol. The molecule has 6 heteroatoms. The fourth-order valence-corrected chi connectivity index (χ4v) is 2.44. The number of nitrogens with one attached hydrogen (secondary N) is 1. The lowest BCUT2D eigenvalue weighted by molar-refractivity contribution is 0.0790. The van der Waals surface area contributed by atoms with Gasteiger partial charge < -0.3 is 16.0 Å². The first kappa shape index (κ1) is 11.2. The van der Waals surface area contributed by atoms with E-state index in [4.69, 9.17) is 5.73 Å². The summed E-state index contributed by atoms with van der Waals surface area (Å²) < 4.78 is 0. The number of amides is 1. The van der Waals surface area contributed by atoms with Crippen molar-refractivity contribution in [2.45, 2.75) is 25.8 Å². The van der Waals surface area contributed by atoms with Crippen LogP contribution in [0.3, 0.4) is 0 Å². The Labute approximate surface area is 98.7 Å². The number of rotatable bonds is 4. The molecule has 1 heterocycles. The minimum Gasteiger partial charge on any atom is -0.382 e. The average Bonchev–Trinajstić information content (AvgIpc) is 3.02. The van der Waals surface area contributed by atoms with Gasteiger partial charge in [0.1, 0.15) is 10.7 Å². The highest BCUT2D eigenvalue weighted by Gasteiger charge is 2.32. The van der Waals surface area contributed by atoms with E-state index in [2.05, 4.69) is 10.3 Å². The van der Waals surface area contributed by atoms with Crippen molar-refractivity contribution in [3.05, 3.63) is 4.88 Å². The summed E-state index contributed by atoms with van der Waals surface area (Å²) in [6.45, 7) is 2.76. The van der Waals surface area contributed by atoms with Crippen LogP contribution in [0.5, 0.6) is 0 Å². The minimum atomic E-state index is -0.0124. The Balaban J connectivity index is 2.15. The SMILES string of the molecule is CCNc1nc(N)c(C(=O)N(C)C2CC2)s1. The van der Waals surface area contributed by atoms with Gasteiger partial charge in [-0.1, -0.05) is 11.3 Å². The zero-order valence-corrected chi connectivity index (χ0v) is 10.3. The van der Waals surface area contributed by atoms with Gasteiger partial charge in [-0.05, 0) is 19.8 Å². The van der Waals surface area contributed by atoms with Crippen LogP contribution in [0.4, 0.5) is 10.9 Å². The Kier molecular flexibility index (Phi) is 3.00. The fraction of sp³-hybridized carbons (Fsp3) is 0.600. The lowest BCUT2D eigenvalue weighted by Crippen LogP contribution is -2.28. The van der Waals surface area contributed by atoms with Crippen molar-refractivity contribution in [2.24, 2.45) is 0 Å². The molecule has 1 aromatic rings. The number of hydrogen-bond donors (Lipinski definition) is 2. The Bertz CT molecular complexity index is 400. The Hall–Kier alpha value is -1.30. The second-order valence-corrected chi connectivity index (χ2v) is 4.91. The normalized spacial score (nSPS) is 14.9. The van der Waals surface area contributed by atoms with E-state index in [1.165, 1.54) is 11.3 Å². The molecule has 0 radical (unpaired) electrons. The molecular weight excluding hydrogens is 224 g/mol. The zero-order chi connectivity index (χ0) is 11.7. The maximum Gasteiger partial charge on any atom is 0.267 e. The van der Waals surface area contributed by atoms with Gasteiger partial charge in [0, 0.05) is 19.6 Å². The molecule has 1 saturated carbocycles. The number of thiazole rings is 1. The Morgan fingerprint density at radius 3 is 2.94 bits per heavy atom. The molecular formula is C10H16N4OS. The molecule has 16 heavy (non-hydrogen) atoms. The number of nitrogens with two attached hydrogens (primary N) is 1. The molecule has 0 aromatic carbocycles. The summed E-state index contributed by atoms with van der Waals surface area (Å²) in [5, 5.41) is 3.78. The number of hydrogen-bond acceptors (Lipinski definition) is 5. The van der Waals surface area contributed by atoms with Gasteiger partial charge in [-0.15, -0.1) is 0 Å². The van der Waals surface area contributed by atoms with E-state index >= 15 is 0 Å². The summed E-state index contributed by atoms with van der Waals surface area (Å²) in [6, 6.07) is 0.400. The van der Waals surface area contributed by atoms with Crippen molar-refractivity contribution in [2.75, 3.05) is 24.6 Å². The number of carbonyl (C=O) groups is 1. The molecule has 0 bridgehead atoms. The third-order valence-electron chi connectivity index (χ3n) is 2.59. The number of carbonyl (C=O) groups excluding carboxylic acids is 1. The van der Waals surface area contributed by atoms with E-state index in [0.29, 0.717) is 21.9 Å². The molecule has 88 valence electrons. The predicted octanol–water partition coefficient (Wildman–Crippen LogP) is 1.39. The highest BCUT2D eigenvalue weighted by atomic mass is 32.1. The Morgan fingerprint density at radius 1 is 1.69 bits per heavy atom. The van der Waals surface area contributed by atoms with Crippen LogP contribution in [-0.2, 0) is 0 Å². The standard InChI is InChI=1S/C10H16N4OS/c1-3-12-10-13-8(11)7(16-10)9(15)14(2)6-4-5-6/h6H,3-5,11H2,1-2H3,(H,12,13). The van der Waals surface area contributed by atoms with Crippen molar-refractivity contribution < 1.29 is 4.79 Å². The lowest BCUT2D eigenvalue weighted by atomic mass is 10.4. The van der Waals surface area contributed by atoms with Crippen molar-refractivity contribution in [1.29, 1.82) is 0 Å². The van der Waals surface area contributed by atoms with Gasteiger partial charge in [0.2, 0.25) is 0 Å². The van der Waals surface area contributed by atoms with Crippen LogP contribution in [-0.4, -0.2) is 35.4 Å². The summed E-state index contributed by atoms with van der Waals surface area (Å²) in [5.41, 5.74) is 5.74.